The number of aliphatic carboxylic acids is 1. The molecule has 19 heavy (non-hydrogen) atoms. The maximum Gasteiger partial charge on any atom is 0.323 e. The van der Waals surface area contributed by atoms with E-state index in [1.54, 1.807) is 0 Å². The van der Waals surface area contributed by atoms with Gasteiger partial charge >= 0.3 is 12.0 Å². The van der Waals surface area contributed by atoms with Crippen molar-refractivity contribution < 1.29 is 14.7 Å². The molecule has 0 fully saturated rings. The summed E-state index contributed by atoms with van der Waals surface area (Å²) >= 11 is 0. The van der Waals surface area contributed by atoms with Gasteiger partial charge in [0.25, 0.3) is 0 Å². The first-order valence-electron chi connectivity index (χ1n) is 6.12. The largest absolute Gasteiger partial charge is 0.480 e. The minimum absolute atomic E-state index is 0.102. The molecule has 0 atom stereocenters. The molecule has 3 N–H and O–H groups in total. The smallest absolute Gasteiger partial charge is 0.323 e. The Morgan fingerprint density at radius 2 is 1.68 bits per heavy atom. The van der Waals surface area contributed by atoms with Gasteiger partial charge in [0, 0.05) is 6.54 Å². The zero-order valence-corrected chi connectivity index (χ0v) is 11.5. The first-order valence-corrected chi connectivity index (χ1v) is 6.12. The monoisotopic (exact) mass is 264 g/mol. The maximum atomic E-state index is 11.3. The standard InChI is InChI=1S/C14H20N2O3/c1-14(2,3)11-6-4-10(5-7-11)8-15-13(19)16-9-12(17)18/h4-7H,8-9H2,1-3H3,(H,17,18)(H2,15,16,19). The van der Waals surface area contributed by atoms with Gasteiger partial charge in [0.05, 0.1) is 0 Å². The van der Waals surface area contributed by atoms with Crippen molar-refractivity contribution in [3.63, 3.8) is 0 Å². The van der Waals surface area contributed by atoms with Crippen LogP contribution >= 0.6 is 0 Å². The summed E-state index contributed by atoms with van der Waals surface area (Å²) in [5, 5.41) is 13.2. The van der Waals surface area contributed by atoms with Crippen LogP contribution in [0.5, 0.6) is 0 Å². The summed E-state index contributed by atoms with van der Waals surface area (Å²) in [5.74, 6) is -1.07. The highest BCUT2D eigenvalue weighted by atomic mass is 16.4. The molecule has 0 saturated heterocycles. The third-order valence-corrected chi connectivity index (χ3v) is 2.67. The molecule has 0 aliphatic rings. The van der Waals surface area contributed by atoms with Gasteiger partial charge in [0.2, 0.25) is 0 Å². The van der Waals surface area contributed by atoms with E-state index in [9.17, 15) is 9.59 Å². The number of rotatable bonds is 4. The van der Waals surface area contributed by atoms with Gasteiger partial charge < -0.3 is 15.7 Å². The first kappa shape index (κ1) is 15.0. The zero-order chi connectivity index (χ0) is 14.5. The Morgan fingerprint density at radius 1 is 1.11 bits per heavy atom. The number of urea groups is 1. The number of nitrogens with one attached hydrogen (secondary N) is 2. The Morgan fingerprint density at radius 3 is 2.16 bits per heavy atom. The molecule has 0 unspecified atom stereocenters. The van der Waals surface area contributed by atoms with E-state index in [0.717, 1.165) is 5.56 Å². The maximum absolute atomic E-state index is 11.3. The summed E-state index contributed by atoms with van der Waals surface area (Å²) in [6.07, 6.45) is 0. The molecule has 104 valence electrons. The molecule has 5 heteroatoms. The summed E-state index contributed by atoms with van der Waals surface area (Å²) < 4.78 is 0. The number of hydrogen-bond acceptors (Lipinski definition) is 2. The van der Waals surface area contributed by atoms with Crippen LogP contribution in [-0.2, 0) is 16.8 Å². The minimum atomic E-state index is -1.07. The fraction of sp³-hybridized carbons (Fsp3) is 0.429. The first-order chi connectivity index (χ1) is 8.79. The van der Waals surface area contributed by atoms with Crippen LogP contribution in [0.15, 0.2) is 24.3 Å². The van der Waals surface area contributed by atoms with Crippen molar-refractivity contribution in [2.24, 2.45) is 0 Å². The molecule has 2 amide bonds. The van der Waals surface area contributed by atoms with Gasteiger partial charge in [-0.25, -0.2) is 4.79 Å². The van der Waals surface area contributed by atoms with Gasteiger partial charge in [-0.2, -0.15) is 0 Å². The summed E-state index contributed by atoms with van der Waals surface area (Å²) in [5.41, 5.74) is 2.30. The molecule has 0 bridgehead atoms. The van der Waals surface area contributed by atoms with Gasteiger partial charge in [-0.05, 0) is 16.5 Å². The SMILES string of the molecule is CC(C)(C)c1ccc(CNC(=O)NCC(=O)O)cc1. The molecule has 0 spiro atoms. The van der Waals surface area contributed by atoms with Crippen molar-refractivity contribution in [2.75, 3.05) is 6.54 Å². The molecule has 0 aromatic heterocycles. The number of carboxylic acids is 1. The van der Waals surface area contributed by atoms with E-state index in [1.165, 1.54) is 5.56 Å². The number of carboxylic acid groups (broad SMARTS) is 1. The molecular formula is C14H20N2O3. The molecule has 1 rings (SSSR count). The molecule has 1 aromatic carbocycles. The van der Waals surface area contributed by atoms with Crippen LogP contribution in [0.2, 0.25) is 0 Å². The van der Waals surface area contributed by atoms with Crippen LogP contribution in [0.4, 0.5) is 4.79 Å². The Kier molecular flexibility index (Phi) is 4.92. The lowest BCUT2D eigenvalue weighted by atomic mass is 9.87. The van der Waals surface area contributed by atoms with Crippen LogP contribution in [0.25, 0.3) is 0 Å². The van der Waals surface area contributed by atoms with E-state index in [2.05, 4.69) is 31.4 Å². The molecule has 1 aromatic rings. The number of benzene rings is 1. The number of amides is 2. The predicted octanol–water partition coefficient (Wildman–Crippen LogP) is 1.87. The Bertz CT molecular complexity index is 447. The molecule has 0 saturated carbocycles. The molecular weight excluding hydrogens is 244 g/mol. The van der Waals surface area contributed by atoms with Crippen LogP contribution in [-0.4, -0.2) is 23.7 Å². The lowest BCUT2D eigenvalue weighted by Gasteiger charge is -2.19. The fourth-order valence-corrected chi connectivity index (χ4v) is 1.52. The quantitative estimate of drug-likeness (QED) is 0.776. The highest BCUT2D eigenvalue weighted by molar-refractivity contribution is 5.79. The Labute approximate surface area is 113 Å². The normalized spacial score (nSPS) is 10.9. The van der Waals surface area contributed by atoms with E-state index < -0.39 is 12.0 Å². The van der Waals surface area contributed by atoms with E-state index in [-0.39, 0.29) is 12.0 Å². The molecule has 5 nitrogen and oxygen atoms in total. The summed E-state index contributed by atoms with van der Waals surface area (Å²) in [7, 11) is 0. The summed E-state index contributed by atoms with van der Waals surface area (Å²) in [4.78, 5) is 21.5. The van der Waals surface area contributed by atoms with E-state index in [1.807, 2.05) is 24.3 Å². The van der Waals surface area contributed by atoms with E-state index >= 15 is 0 Å². The third kappa shape index (κ3) is 5.42. The molecule has 0 aliphatic carbocycles. The average Bonchev–Trinajstić information content (AvgIpc) is 2.33. The highest BCUT2D eigenvalue weighted by Crippen LogP contribution is 2.21. The molecule has 0 radical (unpaired) electrons. The summed E-state index contributed by atoms with van der Waals surface area (Å²) in [6, 6.07) is 7.50. The van der Waals surface area contributed by atoms with Crippen LogP contribution in [0.1, 0.15) is 31.9 Å². The third-order valence-electron chi connectivity index (χ3n) is 2.67. The molecule has 0 heterocycles. The van der Waals surface area contributed by atoms with Crippen LogP contribution in [0.3, 0.4) is 0 Å². The zero-order valence-electron chi connectivity index (χ0n) is 11.5. The van der Waals surface area contributed by atoms with Gasteiger partial charge in [-0.1, -0.05) is 45.0 Å². The van der Waals surface area contributed by atoms with E-state index in [4.69, 9.17) is 5.11 Å². The van der Waals surface area contributed by atoms with E-state index in [0.29, 0.717) is 6.54 Å². The van der Waals surface area contributed by atoms with Gasteiger partial charge in [0.15, 0.2) is 0 Å². The Balaban J connectivity index is 2.46. The lowest BCUT2D eigenvalue weighted by Crippen LogP contribution is -2.37. The second-order valence-corrected chi connectivity index (χ2v) is 5.38. The number of hydrogen-bond donors (Lipinski definition) is 3. The fourth-order valence-electron chi connectivity index (χ4n) is 1.52. The van der Waals surface area contributed by atoms with Gasteiger partial charge in [-0.3, -0.25) is 4.79 Å². The van der Waals surface area contributed by atoms with Crippen molar-refractivity contribution >= 4 is 12.0 Å². The van der Waals surface area contributed by atoms with Crippen molar-refractivity contribution in [1.29, 1.82) is 0 Å². The van der Waals surface area contributed by atoms with Gasteiger partial charge in [-0.15, -0.1) is 0 Å². The number of carbonyl (C=O) groups excluding carboxylic acids is 1. The highest BCUT2D eigenvalue weighted by Gasteiger charge is 2.12. The minimum Gasteiger partial charge on any atom is -0.480 e. The Hall–Kier alpha value is -2.04. The van der Waals surface area contributed by atoms with Crippen molar-refractivity contribution in [3.8, 4) is 0 Å². The molecule has 0 aliphatic heterocycles. The predicted molar refractivity (Wildman–Crippen MR) is 73.0 cm³/mol. The summed E-state index contributed by atoms with van der Waals surface area (Å²) in [6.45, 7) is 6.41. The topological polar surface area (TPSA) is 78.4 Å². The lowest BCUT2D eigenvalue weighted by molar-refractivity contribution is -0.135. The van der Waals surface area contributed by atoms with Crippen LogP contribution < -0.4 is 10.6 Å². The van der Waals surface area contributed by atoms with Crippen molar-refractivity contribution in [3.05, 3.63) is 35.4 Å². The van der Waals surface area contributed by atoms with Crippen molar-refractivity contribution in [2.45, 2.75) is 32.7 Å². The second kappa shape index (κ2) is 6.22. The number of carbonyl (C=O) groups is 2. The van der Waals surface area contributed by atoms with Crippen LogP contribution in [0, 0.1) is 0 Å². The van der Waals surface area contributed by atoms with Gasteiger partial charge in [0.1, 0.15) is 6.54 Å². The second-order valence-electron chi connectivity index (χ2n) is 5.38. The average molecular weight is 264 g/mol. The van der Waals surface area contributed by atoms with Crippen molar-refractivity contribution in [1.82, 2.24) is 10.6 Å².